The van der Waals surface area contributed by atoms with E-state index in [1.54, 1.807) is 79.7 Å². The average molecular weight is 732 g/mol. The van der Waals surface area contributed by atoms with Crippen LogP contribution in [0.15, 0.2) is 109 Å². The number of hydrogen-bond donors (Lipinski definition) is 2. The van der Waals surface area contributed by atoms with Gasteiger partial charge in [0.05, 0.1) is 41.2 Å². The van der Waals surface area contributed by atoms with E-state index in [2.05, 4.69) is 12.0 Å². The molecule has 11 heteroatoms. The molecule has 4 aliphatic rings. The number of nitrogens with one attached hydrogen (secondary N) is 1. The highest BCUT2D eigenvalue weighted by Crippen LogP contribution is 2.65. The lowest BCUT2D eigenvalue weighted by Crippen LogP contribution is -2.53. The summed E-state index contributed by atoms with van der Waals surface area (Å²) >= 11 is 6.37. The number of fused-ring (bicyclic) bond motifs is 4. The zero-order chi connectivity index (χ0) is 37.2. The van der Waals surface area contributed by atoms with Gasteiger partial charge in [0.2, 0.25) is 11.8 Å². The largest absolute Gasteiger partial charge is 0.504 e. The van der Waals surface area contributed by atoms with Crippen molar-refractivity contribution in [1.29, 1.82) is 0 Å². The lowest BCUT2D eigenvalue weighted by Gasteiger charge is -2.50. The van der Waals surface area contributed by atoms with Gasteiger partial charge in [-0.1, -0.05) is 72.3 Å². The van der Waals surface area contributed by atoms with Gasteiger partial charge in [0.15, 0.2) is 11.5 Å². The second-order valence-corrected chi connectivity index (χ2v) is 14.2. The number of benzene rings is 4. The van der Waals surface area contributed by atoms with Crippen LogP contribution < -0.4 is 15.1 Å². The Morgan fingerprint density at radius 1 is 0.943 bits per heavy atom. The van der Waals surface area contributed by atoms with Crippen LogP contribution in [0.2, 0.25) is 5.02 Å². The number of carbonyl (C=O) groups is 4. The van der Waals surface area contributed by atoms with Crippen molar-refractivity contribution in [3.63, 3.8) is 0 Å². The van der Waals surface area contributed by atoms with Gasteiger partial charge in [-0.2, -0.15) is 5.01 Å². The number of allylic oxidation sites excluding steroid dienone is 2. The first kappa shape index (κ1) is 34.4. The first-order chi connectivity index (χ1) is 25.6. The number of carbonyl (C=O) groups excluding carboxylic acids is 4. The molecule has 0 spiro atoms. The topological polar surface area (TPSA) is 116 Å². The lowest BCUT2D eigenvalue weighted by molar-refractivity contribution is -0.138. The Labute approximate surface area is 310 Å². The highest BCUT2D eigenvalue weighted by atomic mass is 35.5. The van der Waals surface area contributed by atoms with Crippen LogP contribution in [0.5, 0.6) is 11.5 Å². The van der Waals surface area contributed by atoms with Crippen LogP contribution in [0.4, 0.5) is 15.8 Å². The number of ether oxygens (including phenoxy) is 1. The number of para-hydroxylation sites is 1. The molecule has 268 valence electrons. The van der Waals surface area contributed by atoms with Crippen molar-refractivity contribution >= 4 is 52.7 Å². The number of anilines is 2. The van der Waals surface area contributed by atoms with E-state index in [1.807, 2.05) is 6.08 Å². The Morgan fingerprint density at radius 2 is 1.66 bits per heavy atom. The molecule has 2 saturated heterocycles. The number of aromatic hydroxyl groups is 1. The number of rotatable bonds is 8. The highest BCUT2D eigenvalue weighted by molar-refractivity contribution is 6.30. The Bertz CT molecular complexity index is 2210. The van der Waals surface area contributed by atoms with E-state index in [1.165, 1.54) is 29.2 Å². The number of hydrazine groups is 1. The number of halogens is 2. The van der Waals surface area contributed by atoms with Crippen LogP contribution in [0, 0.1) is 29.5 Å². The van der Waals surface area contributed by atoms with Crippen LogP contribution in [0.3, 0.4) is 0 Å². The normalized spacial score (nSPS) is 26.2. The first-order valence-corrected chi connectivity index (χ1v) is 17.9. The summed E-state index contributed by atoms with van der Waals surface area (Å²) < 4.78 is 19.7. The summed E-state index contributed by atoms with van der Waals surface area (Å²) in [6.07, 6.45) is 3.87. The van der Waals surface area contributed by atoms with Gasteiger partial charge in [0.1, 0.15) is 5.82 Å². The molecule has 3 fully saturated rings. The Hall–Kier alpha value is -5.74. The number of nitrogens with zero attached hydrogens (tertiary/aromatic N) is 2. The Morgan fingerprint density at radius 3 is 2.34 bits per heavy atom. The summed E-state index contributed by atoms with van der Waals surface area (Å²) in [5, 5.41) is 13.3. The SMILES string of the molecule is C=Cc1ccc(N2C(=O)[C@H]3[C@H](CC=C4[C@H]3C[C@H]3C(=O)N(Nc5ccc(F)cc5)C(=O)[C@@]3(c3ccc(Cl)cc3)[C@H]4c3cccc(OCC)c3O)C2=O)cc1. The molecule has 53 heavy (non-hydrogen) atoms. The van der Waals surface area contributed by atoms with Gasteiger partial charge in [0, 0.05) is 16.5 Å². The average Bonchev–Trinajstić information content (AvgIpc) is 3.54. The Balaban J connectivity index is 1.33. The highest BCUT2D eigenvalue weighted by Gasteiger charge is 2.70. The number of hydrogen-bond acceptors (Lipinski definition) is 7. The van der Waals surface area contributed by atoms with Gasteiger partial charge >= 0.3 is 0 Å². The van der Waals surface area contributed by atoms with Crippen molar-refractivity contribution < 1.29 is 33.4 Å². The Kier molecular flexibility index (Phi) is 8.45. The third kappa shape index (κ3) is 5.18. The summed E-state index contributed by atoms with van der Waals surface area (Å²) in [6, 6.07) is 24.0. The molecule has 0 aromatic heterocycles. The number of imide groups is 2. The predicted octanol–water partition coefficient (Wildman–Crippen LogP) is 7.42. The maximum Gasteiger partial charge on any atom is 0.260 e. The van der Waals surface area contributed by atoms with E-state index in [9.17, 15) is 23.9 Å². The molecule has 2 heterocycles. The van der Waals surface area contributed by atoms with Gasteiger partial charge in [-0.15, -0.1) is 0 Å². The van der Waals surface area contributed by atoms with E-state index in [4.69, 9.17) is 16.3 Å². The molecule has 0 radical (unpaired) electrons. The van der Waals surface area contributed by atoms with Crippen LogP contribution >= 0.6 is 11.6 Å². The molecule has 2 aliphatic heterocycles. The standard InChI is InChI=1S/C42H35ClFN3O6/c1-3-23-8-18-28(19-9-23)46-38(49)30-21-20-29-32(35(30)40(46)51)22-33-39(50)47(45-27-16-14-26(44)15-17-27)41(52)42(33,24-10-12-25(43)13-11-24)36(29)31-6-5-7-34(37(31)48)53-4-2/h3,5-20,30,32-33,35-36,45,48H,1,4,21-22H2,2H3/t30-,32+,33-,35-,36+,42+/m0/s1. The fourth-order valence-electron chi connectivity index (χ4n) is 9.06. The van der Waals surface area contributed by atoms with E-state index in [0.29, 0.717) is 33.1 Å². The van der Waals surface area contributed by atoms with Crippen molar-refractivity contribution in [2.45, 2.75) is 31.1 Å². The molecular weight excluding hydrogens is 697 g/mol. The second-order valence-electron chi connectivity index (χ2n) is 13.8. The minimum Gasteiger partial charge on any atom is -0.504 e. The quantitative estimate of drug-likeness (QED) is 0.143. The molecule has 4 aromatic rings. The lowest BCUT2D eigenvalue weighted by atomic mass is 9.49. The van der Waals surface area contributed by atoms with Gasteiger partial charge < -0.3 is 9.84 Å². The monoisotopic (exact) mass is 731 g/mol. The molecule has 0 bridgehead atoms. The maximum absolute atomic E-state index is 15.3. The molecule has 1 saturated carbocycles. The molecule has 0 unspecified atom stereocenters. The number of phenols is 1. The van der Waals surface area contributed by atoms with E-state index in [-0.39, 0.29) is 42.8 Å². The summed E-state index contributed by atoms with van der Waals surface area (Å²) in [6.45, 7) is 5.83. The summed E-state index contributed by atoms with van der Waals surface area (Å²) in [7, 11) is 0. The van der Waals surface area contributed by atoms with Gasteiger partial charge in [-0.25, -0.2) is 4.39 Å². The van der Waals surface area contributed by atoms with Crippen molar-refractivity contribution in [2.24, 2.45) is 23.7 Å². The first-order valence-electron chi connectivity index (χ1n) is 17.5. The van der Waals surface area contributed by atoms with E-state index in [0.717, 1.165) is 10.6 Å². The fourth-order valence-corrected chi connectivity index (χ4v) is 9.18. The zero-order valence-electron chi connectivity index (χ0n) is 28.7. The molecule has 9 nitrogen and oxygen atoms in total. The second kappa shape index (κ2) is 13.0. The van der Waals surface area contributed by atoms with Crippen molar-refractivity contribution in [3.8, 4) is 11.5 Å². The summed E-state index contributed by atoms with van der Waals surface area (Å²) in [4.78, 5) is 60.0. The van der Waals surface area contributed by atoms with Crippen LogP contribution in [-0.4, -0.2) is 40.4 Å². The van der Waals surface area contributed by atoms with Gasteiger partial charge in [0.25, 0.3) is 11.8 Å². The smallest absolute Gasteiger partial charge is 0.260 e. The zero-order valence-corrected chi connectivity index (χ0v) is 29.4. The van der Waals surface area contributed by atoms with E-state index >= 15 is 4.79 Å². The maximum atomic E-state index is 15.3. The third-order valence-electron chi connectivity index (χ3n) is 11.3. The number of phenolic OH excluding ortho intramolecular Hbond substituents is 1. The van der Waals surface area contributed by atoms with Crippen molar-refractivity contribution in [2.75, 3.05) is 16.9 Å². The van der Waals surface area contributed by atoms with Crippen LogP contribution in [0.1, 0.15) is 42.4 Å². The molecule has 2 N–H and O–H groups in total. The summed E-state index contributed by atoms with van der Waals surface area (Å²) in [5.41, 5.74) is 4.37. The van der Waals surface area contributed by atoms with Crippen LogP contribution in [-0.2, 0) is 24.6 Å². The molecule has 8 rings (SSSR count). The predicted molar refractivity (Wildman–Crippen MR) is 197 cm³/mol. The molecule has 6 atom stereocenters. The molecule has 4 aromatic carbocycles. The van der Waals surface area contributed by atoms with Gasteiger partial charge in [-0.3, -0.25) is 29.5 Å². The number of amides is 4. The van der Waals surface area contributed by atoms with Crippen molar-refractivity contribution in [1.82, 2.24) is 5.01 Å². The third-order valence-corrected chi connectivity index (χ3v) is 11.5. The van der Waals surface area contributed by atoms with Crippen molar-refractivity contribution in [3.05, 3.63) is 137 Å². The molecule has 4 amide bonds. The molecular formula is C42H35ClFN3O6. The minimum absolute atomic E-state index is 0.0620. The minimum atomic E-state index is -1.64. The van der Waals surface area contributed by atoms with Crippen LogP contribution in [0.25, 0.3) is 6.08 Å². The fraction of sp³-hybridized carbons (Fsp3) is 0.238. The molecule has 2 aliphatic carbocycles. The van der Waals surface area contributed by atoms with Gasteiger partial charge in [-0.05, 0) is 91.4 Å². The summed E-state index contributed by atoms with van der Waals surface area (Å²) in [5.74, 6) is -6.56. The van der Waals surface area contributed by atoms with E-state index < -0.39 is 52.6 Å².